The number of carbonyl (C=O) groups is 1. The molecular formula is C29H38N2O9S. The topological polar surface area (TPSA) is 142 Å². The SMILES string of the molecule is COc1ccc(S(=O)(=O)NC(OC2CCCC2)[C@H](O)[C@H](Cc2ccccc2)NC(=O)O[C@@H]2CO[C@@H]3OCC[C@@H]32)cc1. The Kier molecular flexibility index (Phi) is 9.79. The lowest BCUT2D eigenvalue weighted by atomic mass is 10.00. The summed E-state index contributed by atoms with van der Waals surface area (Å²) in [5.41, 5.74) is 0.836. The summed E-state index contributed by atoms with van der Waals surface area (Å²) < 4.78 is 57.4. The van der Waals surface area contributed by atoms with E-state index in [4.69, 9.17) is 23.7 Å². The highest BCUT2D eigenvalue weighted by Gasteiger charge is 2.44. The quantitative estimate of drug-likeness (QED) is 0.318. The van der Waals surface area contributed by atoms with Crippen LogP contribution in [0.4, 0.5) is 4.79 Å². The molecule has 0 aromatic heterocycles. The van der Waals surface area contributed by atoms with Crippen molar-refractivity contribution in [1.29, 1.82) is 0 Å². The number of carbonyl (C=O) groups excluding carboxylic acids is 1. The standard InChI is InChI=1S/C29H38N2O9S/c1-36-20-11-13-22(14-12-20)41(34,35)31-27(39-21-9-5-6-10-21)26(32)24(17-19-7-3-2-4-8-19)30-29(33)40-25-18-38-28-23(25)15-16-37-28/h2-4,7-8,11-14,21,23-28,31-32H,5-6,9-10,15-18H2,1H3,(H,30,33)/t23-,24+,25-,26-,27?,28+/m1/s1. The maximum Gasteiger partial charge on any atom is 0.407 e. The Morgan fingerprint density at radius 2 is 1.78 bits per heavy atom. The minimum absolute atomic E-state index is 0.00734. The second-order valence-electron chi connectivity index (χ2n) is 10.7. The van der Waals surface area contributed by atoms with Crippen LogP contribution in [0.1, 0.15) is 37.7 Å². The number of aliphatic hydroxyl groups is 1. The van der Waals surface area contributed by atoms with Crippen LogP contribution in [0.5, 0.6) is 5.75 Å². The number of aliphatic hydroxyl groups excluding tert-OH is 1. The number of benzene rings is 2. The van der Waals surface area contributed by atoms with E-state index in [-0.39, 0.29) is 36.2 Å². The first-order valence-corrected chi connectivity index (χ1v) is 15.5. The minimum atomic E-state index is -4.10. The van der Waals surface area contributed by atoms with Crippen LogP contribution >= 0.6 is 0 Å². The summed E-state index contributed by atoms with van der Waals surface area (Å²) in [5, 5.41) is 14.4. The largest absolute Gasteiger partial charge is 0.497 e. The highest BCUT2D eigenvalue weighted by molar-refractivity contribution is 7.89. The second kappa shape index (κ2) is 13.5. The third-order valence-electron chi connectivity index (χ3n) is 7.85. The lowest BCUT2D eigenvalue weighted by Crippen LogP contribution is -2.57. The van der Waals surface area contributed by atoms with Crippen LogP contribution in [-0.4, -0.2) is 76.8 Å². The first kappa shape index (κ1) is 29.7. The van der Waals surface area contributed by atoms with Gasteiger partial charge in [-0.3, -0.25) is 0 Å². The highest BCUT2D eigenvalue weighted by Crippen LogP contribution is 2.33. The minimum Gasteiger partial charge on any atom is -0.497 e. The van der Waals surface area contributed by atoms with Crippen molar-refractivity contribution < 1.29 is 42.0 Å². The monoisotopic (exact) mass is 590 g/mol. The van der Waals surface area contributed by atoms with Gasteiger partial charge in [0.05, 0.1) is 43.3 Å². The lowest BCUT2D eigenvalue weighted by Gasteiger charge is -2.33. The number of hydrogen-bond acceptors (Lipinski definition) is 9. The van der Waals surface area contributed by atoms with Gasteiger partial charge in [-0.2, -0.15) is 4.72 Å². The smallest absolute Gasteiger partial charge is 0.407 e. The van der Waals surface area contributed by atoms with Gasteiger partial charge in [0.25, 0.3) is 0 Å². The van der Waals surface area contributed by atoms with Crippen LogP contribution in [0.3, 0.4) is 0 Å². The van der Waals surface area contributed by atoms with Gasteiger partial charge in [0.2, 0.25) is 10.0 Å². The van der Waals surface area contributed by atoms with E-state index in [9.17, 15) is 18.3 Å². The number of ether oxygens (including phenoxy) is 5. The number of hydrogen-bond donors (Lipinski definition) is 3. The van der Waals surface area contributed by atoms with Gasteiger partial charge >= 0.3 is 6.09 Å². The van der Waals surface area contributed by atoms with Crippen molar-refractivity contribution in [2.45, 2.75) is 80.3 Å². The van der Waals surface area contributed by atoms with Crippen LogP contribution < -0.4 is 14.8 Å². The Bertz CT molecular complexity index is 1240. The van der Waals surface area contributed by atoms with Crippen molar-refractivity contribution in [3.8, 4) is 5.75 Å². The van der Waals surface area contributed by atoms with Gasteiger partial charge in [-0.05, 0) is 55.5 Å². The van der Waals surface area contributed by atoms with Crippen LogP contribution in [0.15, 0.2) is 59.5 Å². The number of alkyl carbamates (subject to hydrolysis) is 1. The van der Waals surface area contributed by atoms with E-state index in [0.29, 0.717) is 12.4 Å². The molecule has 11 nitrogen and oxygen atoms in total. The Hall–Kier alpha value is -2.74. The van der Waals surface area contributed by atoms with Crippen molar-refractivity contribution in [3.05, 3.63) is 60.2 Å². The number of nitrogens with one attached hydrogen (secondary N) is 2. The third-order valence-corrected chi connectivity index (χ3v) is 9.29. The number of sulfonamides is 1. The Labute approximate surface area is 240 Å². The summed E-state index contributed by atoms with van der Waals surface area (Å²) in [6, 6.07) is 14.3. The molecule has 3 fully saturated rings. The fourth-order valence-electron chi connectivity index (χ4n) is 5.59. The summed E-state index contributed by atoms with van der Waals surface area (Å²) in [5.74, 6) is 0.463. The highest BCUT2D eigenvalue weighted by atomic mass is 32.2. The fraction of sp³-hybridized carbons (Fsp3) is 0.552. The second-order valence-corrected chi connectivity index (χ2v) is 12.4. The molecule has 1 unspecified atom stereocenters. The van der Waals surface area contributed by atoms with Gasteiger partial charge in [0.1, 0.15) is 24.2 Å². The zero-order chi connectivity index (χ0) is 28.8. The normalized spacial score (nSPS) is 24.9. The molecule has 2 aromatic carbocycles. The van der Waals surface area contributed by atoms with Crippen molar-refractivity contribution >= 4 is 16.1 Å². The molecule has 224 valence electrons. The number of rotatable bonds is 12. The molecule has 2 saturated heterocycles. The molecule has 2 aromatic rings. The Morgan fingerprint density at radius 1 is 1.05 bits per heavy atom. The predicted octanol–water partition coefficient (Wildman–Crippen LogP) is 2.72. The van der Waals surface area contributed by atoms with Gasteiger partial charge in [-0.1, -0.05) is 43.2 Å². The molecule has 1 amide bonds. The molecule has 6 atom stereocenters. The predicted molar refractivity (Wildman–Crippen MR) is 148 cm³/mol. The van der Waals surface area contributed by atoms with E-state index in [1.807, 2.05) is 30.3 Å². The first-order chi connectivity index (χ1) is 19.8. The molecule has 0 radical (unpaired) electrons. The number of methoxy groups -OCH3 is 1. The van der Waals surface area contributed by atoms with E-state index >= 15 is 0 Å². The molecule has 3 N–H and O–H groups in total. The molecular weight excluding hydrogens is 552 g/mol. The zero-order valence-corrected chi connectivity index (χ0v) is 23.8. The first-order valence-electron chi connectivity index (χ1n) is 14.1. The molecule has 2 aliphatic heterocycles. The molecule has 1 aliphatic carbocycles. The summed E-state index contributed by atoms with van der Waals surface area (Å²) in [6.07, 6.45) is -0.261. The molecule has 1 saturated carbocycles. The molecule has 0 spiro atoms. The van der Waals surface area contributed by atoms with Gasteiger partial charge in [-0.25, -0.2) is 13.2 Å². The third kappa shape index (κ3) is 7.56. The van der Waals surface area contributed by atoms with Gasteiger partial charge < -0.3 is 34.1 Å². The molecule has 3 aliphatic rings. The van der Waals surface area contributed by atoms with Crippen molar-refractivity contribution in [2.24, 2.45) is 5.92 Å². The number of fused-ring (bicyclic) bond motifs is 1. The van der Waals surface area contributed by atoms with E-state index in [2.05, 4.69) is 10.0 Å². The Morgan fingerprint density at radius 3 is 2.49 bits per heavy atom. The average Bonchev–Trinajstić information content (AvgIpc) is 3.73. The van der Waals surface area contributed by atoms with Crippen molar-refractivity contribution in [3.63, 3.8) is 0 Å². The van der Waals surface area contributed by atoms with Crippen LogP contribution in [-0.2, 0) is 35.4 Å². The van der Waals surface area contributed by atoms with E-state index < -0.39 is 40.6 Å². The van der Waals surface area contributed by atoms with E-state index in [1.165, 1.54) is 19.2 Å². The molecule has 41 heavy (non-hydrogen) atoms. The van der Waals surface area contributed by atoms with E-state index in [0.717, 1.165) is 37.7 Å². The summed E-state index contributed by atoms with van der Waals surface area (Å²) in [4.78, 5) is 13.1. The maximum atomic E-state index is 13.4. The van der Waals surface area contributed by atoms with Gasteiger partial charge in [0.15, 0.2) is 6.29 Å². The summed E-state index contributed by atoms with van der Waals surface area (Å²) in [6.45, 7) is 0.768. The Balaban J connectivity index is 1.35. The molecule has 5 rings (SSSR count). The molecule has 2 heterocycles. The van der Waals surface area contributed by atoms with Gasteiger partial charge in [0, 0.05) is 0 Å². The van der Waals surface area contributed by atoms with E-state index in [1.54, 1.807) is 12.1 Å². The fourth-order valence-corrected chi connectivity index (χ4v) is 6.72. The van der Waals surface area contributed by atoms with Crippen LogP contribution in [0.2, 0.25) is 0 Å². The molecule has 0 bridgehead atoms. The van der Waals surface area contributed by atoms with Crippen molar-refractivity contribution in [2.75, 3.05) is 20.3 Å². The van der Waals surface area contributed by atoms with Gasteiger partial charge in [-0.15, -0.1) is 0 Å². The average molecular weight is 591 g/mol. The zero-order valence-electron chi connectivity index (χ0n) is 23.0. The number of amides is 1. The lowest BCUT2D eigenvalue weighted by molar-refractivity contribution is -0.0912. The molecule has 12 heteroatoms. The summed E-state index contributed by atoms with van der Waals surface area (Å²) >= 11 is 0. The maximum absolute atomic E-state index is 13.4. The van der Waals surface area contributed by atoms with Crippen LogP contribution in [0, 0.1) is 5.92 Å². The summed E-state index contributed by atoms with van der Waals surface area (Å²) in [7, 11) is -2.61. The van der Waals surface area contributed by atoms with Crippen molar-refractivity contribution in [1.82, 2.24) is 10.0 Å². The van der Waals surface area contributed by atoms with Crippen LogP contribution in [0.25, 0.3) is 0 Å².